The number of furan rings is 1. The van der Waals surface area contributed by atoms with E-state index in [9.17, 15) is 0 Å². The second kappa shape index (κ2) is 17.8. The van der Waals surface area contributed by atoms with Crippen LogP contribution in [0.1, 0.15) is 0 Å². The van der Waals surface area contributed by atoms with Gasteiger partial charge in [0.05, 0.1) is 5.69 Å². The van der Waals surface area contributed by atoms with Gasteiger partial charge in [-0.05, 0) is 103 Å². The molecule has 0 radical (unpaired) electrons. The highest BCUT2D eigenvalue weighted by atomic mass is 16.3. The molecule has 0 N–H and O–H groups in total. The van der Waals surface area contributed by atoms with E-state index in [0.717, 1.165) is 66.8 Å². The lowest BCUT2D eigenvalue weighted by atomic mass is 9.88. The molecule has 0 saturated carbocycles. The van der Waals surface area contributed by atoms with Crippen molar-refractivity contribution in [2.24, 2.45) is 0 Å². The first-order valence-corrected chi connectivity index (χ1v) is 23.2. The molecule has 320 valence electrons. The Balaban J connectivity index is 0.961. The van der Waals surface area contributed by atoms with Crippen LogP contribution in [-0.2, 0) is 0 Å². The molecule has 0 aliphatic heterocycles. The molecular weight excluding hydrogens is 823 g/mol. The maximum Gasteiger partial charge on any atom is 0.143 e. The molecule has 0 fully saturated rings. The zero-order chi connectivity index (χ0) is 45.2. The van der Waals surface area contributed by atoms with Crippen LogP contribution in [0.3, 0.4) is 0 Å². The molecule has 2 nitrogen and oxygen atoms in total. The summed E-state index contributed by atoms with van der Waals surface area (Å²) in [6.07, 6.45) is 0. The van der Waals surface area contributed by atoms with E-state index in [1.54, 1.807) is 0 Å². The molecule has 11 aromatic carbocycles. The predicted octanol–water partition coefficient (Wildman–Crippen LogP) is 18.7. The predicted molar refractivity (Wildman–Crippen MR) is 286 cm³/mol. The lowest BCUT2D eigenvalue weighted by Crippen LogP contribution is -2.11. The van der Waals surface area contributed by atoms with Crippen molar-refractivity contribution < 1.29 is 4.42 Å². The van der Waals surface area contributed by atoms with Gasteiger partial charge in [0.15, 0.2) is 0 Å². The zero-order valence-corrected chi connectivity index (χ0v) is 37.3. The number of para-hydroxylation sites is 3. The molecule has 0 amide bonds. The Hall–Kier alpha value is -8.98. The normalized spacial score (nSPS) is 11.2. The average molecular weight is 868 g/mol. The van der Waals surface area contributed by atoms with E-state index in [0.29, 0.717) is 0 Å². The molecule has 2 heteroatoms. The summed E-state index contributed by atoms with van der Waals surface area (Å²) in [6.45, 7) is 0. The lowest BCUT2D eigenvalue weighted by molar-refractivity contribution is 0.670. The summed E-state index contributed by atoms with van der Waals surface area (Å²) in [5.74, 6) is 0. The monoisotopic (exact) mass is 867 g/mol. The van der Waals surface area contributed by atoms with Crippen LogP contribution in [0, 0.1) is 0 Å². The summed E-state index contributed by atoms with van der Waals surface area (Å²) >= 11 is 0. The van der Waals surface area contributed by atoms with Crippen LogP contribution in [0.2, 0.25) is 0 Å². The van der Waals surface area contributed by atoms with Gasteiger partial charge in [0.25, 0.3) is 0 Å². The van der Waals surface area contributed by atoms with Crippen LogP contribution in [-0.4, -0.2) is 0 Å². The number of benzene rings is 11. The number of nitrogens with zero attached hydrogens (tertiary/aromatic N) is 1. The van der Waals surface area contributed by atoms with Gasteiger partial charge in [0, 0.05) is 33.3 Å². The van der Waals surface area contributed by atoms with Crippen molar-refractivity contribution in [3.8, 4) is 77.9 Å². The zero-order valence-electron chi connectivity index (χ0n) is 37.3. The standard InChI is InChI=1S/C66H45NO/c1-3-16-46(17-4-1)48-30-32-50(33-31-48)51-38-42-54(43-39-51)67(55-44-40-53(41-45-55)57-26-15-27-63-62-25-12-14-29-65(62)68-66(57)63)64-28-13-11-24-61(64)60-23-10-9-22-59(60)58-21-8-7-20-56(58)52-36-34-49(35-37-52)47-18-5-2-6-19-47/h1-45H. The minimum absolute atomic E-state index is 0.897. The summed E-state index contributed by atoms with van der Waals surface area (Å²) in [5, 5.41) is 2.25. The molecular formula is C66H45NO. The largest absolute Gasteiger partial charge is 0.455 e. The third kappa shape index (κ3) is 7.64. The average Bonchev–Trinajstić information content (AvgIpc) is 3.81. The SMILES string of the molecule is c1ccc(-c2ccc(-c3ccc(N(c4ccc(-c5cccc6c5oc5ccccc56)cc4)c4ccccc4-c4ccccc4-c4ccccc4-c4ccc(-c5ccccc5)cc4)cc3)cc2)cc1. The lowest BCUT2D eigenvalue weighted by Gasteiger charge is -2.29. The van der Waals surface area contributed by atoms with Crippen molar-refractivity contribution >= 4 is 39.0 Å². The van der Waals surface area contributed by atoms with Crippen molar-refractivity contribution in [2.75, 3.05) is 4.90 Å². The number of hydrogen-bond acceptors (Lipinski definition) is 2. The molecule has 0 spiro atoms. The highest BCUT2D eigenvalue weighted by Gasteiger charge is 2.21. The van der Waals surface area contributed by atoms with Gasteiger partial charge >= 0.3 is 0 Å². The summed E-state index contributed by atoms with van der Waals surface area (Å²) < 4.78 is 6.49. The number of rotatable bonds is 10. The first-order valence-electron chi connectivity index (χ1n) is 23.2. The van der Waals surface area contributed by atoms with Crippen molar-refractivity contribution in [3.63, 3.8) is 0 Å². The van der Waals surface area contributed by atoms with E-state index in [4.69, 9.17) is 4.42 Å². The fourth-order valence-corrected chi connectivity index (χ4v) is 9.77. The minimum atomic E-state index is 0.897. The highest BCUT2D eigenvalue weighted by Crippen LogP contribution is 2.46. The Kier molecular flexibility index (Phi) is 10.6. The quantitative estimate of drug-likeness (QED) is 0.136. The van der Waals surface area contributed by atoms with Gasteiger partial charge < -0.3 is 9.32 Å². The molecule has 0 aliphatic rings. The van der Waals surface area contributed by atoms with E-state index >= 15 is 0 Å². The first-order chi connectivity index (χ1) is 33.7. The van der Waals surface area contributed by atoms with Gasteiger partial charge in [-0.3, -0.25) is 0 Å². The highest BCUT2D eigenvalue weighted by molar-refractivity contribution is 6.09. The smallest absolute Gasteiger partial charge is 0.143 e. The van der Waals surface area contributed by atoms with Crippen LogP contribution in [0.5, 0.6) is 0 Å². The van der Waals surface area contributed by atoms with Crippen LogP contribution >= 0.6 is 0 Å². The summed E-state index contributed by atoms with van der Waals surface area (Å²) in [7, 11) is 0. The van der Waals surface area contributed by atoms with E-state index in [1.165, 1.54) is 50.1 Å². The van der Waals surface area contributed by atoms with Gasteiger partial charge in [-0.2, -0.15) is 0 Å². The molecule has 0 aliphatic carbocycles. The Morgan fingerprint density at radius 2 is 0.574 bits per heavy atom. The maximum absolute atomic E-state index is 6.49. The number of fused-ring (bicyclic) bond motifs is 3. The van der Waals surface area contributed by atoms with Gasteiger partial charge in [0.2, 0.25) is 0 Å². The fourth-order valence-electron chi connectivity index (χ4n) is 9.77. The first kappa shape index (κ1) is 40.5. The van der Waals surface area contributed by atoms with Crippen molar-refractivity contribution in [2.45, 2.75) is 0 Å². The third-order valence-electron chi connectivity index (χ3n) is 13.2. The van der Waals surface area contributed by atoms with Gasteiger partial charge in [-0.25, -0.2) is 0 Å². The molecule has 68 heavy (non-hydrogen) atoms. The minimum Gasteiger partial charge on any atom is -0.455 e. The summed E-state index contributed by atoms with van der Waals surface area (Å²) in [5.41, 5.74) is 21.4. The van der Waals surface area contributed by atoms with Crippen molar-refractivity contribution in [3.05, 3.63) is 273 Å². The van der Waals surface area contributed by atoms with E-state index in [1.807, 2.05) is 12.1 Å². The van der Waals surface area contributed by atoms with E-state index in [2.05, 4.69) is 266 Å². The molecule has 0 atom stereocenters. The molecule has 12 rings (SSSR count). The molecule has 0 saturated heterocycles. The Morgan fingerprint density at radius 1 is 0.221 bits per heavy atom. The molecule has 0 unspecified atom stereocenters. The Labute approximate surface area is 397 Å². The summed E-state index contributed by atoms with van der Waals surface area (Å²) in [6, 6.07) is 98.0. The Bertz CT molecular complexity index is 3680. The van der Waals surface area contributed by atoms with Crippen LogP contribution in [0.25, 0.3) is 99.8 Å². The van der Waals surface area contributed by atoms with Crippen molar-refractivity contribution in [1.82, 2.24) is 0 Å². The number of anilines is 3. The second-order valence-corrected chi connectivity index (χ2v) is 17.2. The molecule has 1 aromatic heterocycles. The fraction of sp³-hybridized carbons (Fsp3) is 0. The third-order valence-corrected chi connectivity index (χ3v) is 13.2. The van der Waals surface area contributed by atoms with Gasteiger partial charge in [0.1, 0.15) is 11.2 Å². The number of hydrogen-bond donors (Lipinski definition) is 0. The molecule has 12 aromatic rings. The van der Waals surface area contributed by atoms with Gasteiger partial charge in [-0.15, -0.1) is 0 Å². The van der Waals surface area contributed by atoms with Gasteiger partial charge in [-0.1, -0.05) is 237 Å². The van der Waals surface area contributed by atoms with Crippen LogP contribution < -0.4 is 4.90 Å². The Morgan fingerprint density at radius 3 is 1.15 bits per heavy atom. The topological polar surface area (TPSA) is 16.4 Å². The molecule has 0 bridgehead atoms. The second-order valence-electron chi connectivity index (χ2n) is 17.2. The van der Waals surface area contributed by atoms with Crippen LogP contribution in [0.15, 0.2) is 277 Å². The summed E-state index contributed by atoms with van der Waals surface area (Å²) in [4.78, 5) is 2.40. The van der Waals surface area contributed by atoms with Crippen molar-refractivity contribution in [1.29, 1.82) is 0 Å². The van der Waals surface area contributed by atoms with E-state index in [-0.39, 0.29) is 0 Å². The van der Waals surface area contributed by atoms with E-state index < -0.39 is 0 Å². The molecule has 1 heterocycles. The maximum atomic E-state index is 6.49. The van der Waals surface area contributed by atoms with Crippen LogP contribution in [0.4, 0.5) is 17.1 Å².